The lowest BCUT2D eigenvalue weighted by Gasteiger charge is -2.40. The van der Waals surface area contributed by atoms with Gasteiger partial charge in [-0.05, 0) is 38.3 Å². The van der Waals surface area contributed by atoms with E-state index in [0.717, 1.165) is 32.4 Å². The molecule has 1 saturated heterocycles. The Balaban J connectivity index is 1.70. The van der Waals surface area contributed by atoms with E-state index in [-0.39, 0.29) is 0 Å². The standard InChI is InChI=1S/C17H28N2O/c1-16-15-18(10-5-6-14-20)12-13-19(16)11-9-17-7-3-2-4-8-17/h2-4,7-8,16,20H,5-6,9-15H2,1H3. The summed E-state index contributed by atoms with van der Waals surface area (Å²) in [5.41, 5.74) is 1.44. The van der Waals surface area contributed by atoms with Crippen LogP contribution in [0.4, 0.5) is 0 Å². The number of hydrogen-bond acceptors (Lipinski definition) is 3. The van der Waals surface area contributed by atoms with Crippen LogP contribution in [0.5, 0.6) is 0 Å². The van der Waals surface area contributed by atoms with Gasteiger partial charge >= 0.3 is 0 Å². The van der Waals surface area contributed by atoms with Crippen molar-refractivity contribution >= 4 is 0 Å². The summed E-state index contributed by atoms with van der Waals surface area (Å²) in [5.74, 6) is 0. The third-order valence-electron chi connectivity index (χ3n) is 4.26. The van der Waals surface area contributed by atoms with Crippen LogP contribution in [-0.2, 0) is 6.42 Å². The van der Waals surface area contributed by atoms with E-state index in [4.69, 9.17) is 5.11 Å². The number of piperazine rings is 1. The molecule has 0 spiro atoms. The van der Waals surface area contributed by atoms with Gasteiger partial charge in [-0.1, -0.05) is 30.3 Å². The van der Waals surface area contributed by atoms with Crippen molar-refractivity contribution in [1.82, 2.24) is 9.80 Å². The minimum Gasteiger partial charge on any atom is -0.396 e. The fourth-order valence-corrected chi connectivity index (χ4v) is 2.97. The van der Waals surface area contributed by atoms with Gasteiger partial charge in [0.2, 0.25) is 0 Å². The van der Waals surface area contributed by atoms with Crippen LogP contribution in [0.3, 0.4) is 0 Å². The Morgan fingerprint density at radius 1 is 1.10 bits per heavy atom. The second-order valence-electron chi connectivity index (χ2n) is 5.85. The molecule has 3 nitrogen and oxygen atoms in total. The van der Waals surface area contributed by atoms with Crippen LogP contribution in [-0.4, -0.2) is 60.3 Å². The molecule has 2 rings (SSSR count). The number of hydrogen-bond donors (Lipinski definition) is 1. The van der Waals surface area contributed by atoms with Gasteiger partial charge in [0, 0.05) is 38.8 Å². The zero-order valence-corrected chi connectivity index (χ0v) is 12.7. The Kier molecular flexibility index (Phi) is 6.51. The monoisotopic (exact) mass is 276 g/mol. The zero-order chi connectivity index (χ0) is 14.2. The molecule has 0 bridgehead atoms. The van der Waals surface area contributed by atoms with E-state index < -0.39 is 0 Å². The van der Waals surface area contributed by atoms with Gasteiger partial charge in [-0.25, -0.2) is 0 Å². The van der Waals surface area contributed by atoms with Crippen LogP contribution < -0.4 is 0 Å². The van der Waals surface area contributed by atoms with Crippen LogP contribution in [0.1, 0.15) is 25.3 Å². The average Bonchev–Trinajstić information content (AvgIpc) is 2.48. The highest BCUT2D eigenvalue weighted by atomic mass is 16.2. The highest BCUT2D eigenvalue weighted by Crippen LogP contribution is 2.11. The Labute approximate surface area is 123 Å². The van der Waals surface area contributed by atoms with Crippen LogP contribution in [0.15, 0.2) is 30.3 Å². The minimum atomic E-state index is 0.326. The van der Waals surface area contributed by atoms with Crippen molar-refractivity contribution in [2.45, 2.75) is 32.2 Å². The van der Waals surface area contributed by atoms with Crippen molar-refractivity contribution in [3.63, 3.8) is 0 Å². The molecule has 1 aromatic carbocycles. The molecular formula is C17H28N2O. The van der Waals surface area contributed by atoms with Gasteiger partial charge in [-0.3, -0.25) is 4.90 Å². The third-order valence-corrected chi connectivity index (χ3v) is 4.26. The molecule has 1 atom stereocenters. The zero-order valence-electron chi connectivity index (χ0n) is 12.7. The maximum absolute atomic E-state index is 8.84. The van der Waals surface area contributed by atoms with Gasteiger partial charge in [0.25, 0.3) is 0 Å². The van der Waals surface area contributed by atoms with Gasteiger partial charge < -0.3 is 10.0 Å². The Morgan fingerprint density at radius 2 is 1.90 bits per heavy atom. The second-order valence-corrected chi connectivity index (χ2v) is 5.85. The quantitative estimate of drug-likeness (QED) is 0.772. The first-order valence-corrected chi connectivity index (χ1v) is 7.91. The van der Waals surface area contributed by atoms with Gasteiger partial charge in [-0.15, -0.1) is 0 Å². The number of benzene rings is 1. The number of aliphatic hydroxyl groups is 1. The summed E-state index contributed by atoms with van der Waals surface area (Å²) >= 11 is 0. The number of rotatable bonds is 7. The molecular weight excluding hydrogens is 248 g/mol. The summed E-state index contributed by atoms with van der Waals surface area (Å²) in [6.45, 7) is 8.47. The summed E-state index contributed by atoms with van der Waals surface area (Å²) in [6.07, 6.45) is 3.20. The fourth-order valence-electron chi connectivity index (χ4n) is 2.97. The molecule has 1 aliphatic rings. The molecule has 20 heavy (non-hydrogen) atoms. The summed E-state index contributed by atoms with van der Waals surface area (Å²) in [5, 5.41) is 8.84. The first-order chi connectivity index (χ1) is 9.79. The van der Waals surface area contributed by atoms with E-state index >= 15 is 0 Å². The molecule has 1 heterocycles. The normalized spacial score (nSPS) is 21.2. The van der Waals surface area contributed by atoms with E-state index in [0.29, 0.717) is 12.6 Å². The lowest BCUT2D eigenvalue weighted by atomic mass is 10.1. The molecule has 1 unspecified atom stereocenters. The van der Waals surface area contributed by atoms with Crippen molar-refractivity contribution < 1.29 is 5.11 Å². The van der Waals surface area contributed by atoms with Crippen LogP contribution in [0, 0.1) is 0 Å². The molecule has 1 fully saturated rings. The molecule has 3 heteroatoms. The van der Waals surface area contributed by atoms with Gasteiger partial charge in [0.1, 0.15) is 0 Å². The number of nitrogens with zero attached hydrogens (tertiary/aromatic N) is 2. The predicted octanol–water partition coefficient (Wildman–Crippen LogP) is 2.01. The van der Waals surface area contributed by atoms with Gasteiger partial charge in [-0.2, -0.15) is 0 Å². The van der Waals surface area contributed by atoms with Crippen molar-refractivity contribution in [3.05, 3.63) is 35.9 Å². The van der Waals surface area contributed by atoms with E-state index in [1.54, 1.807) is 0 Å². The fraction of sp³-hybridized carbons (Fsp3) is 0.647. The Bertz CT molecular complexity index is 369. The molecule has 1 aromatic rings. The molecule has 0 amide bonds. The number of aliphatic hydroxyl groups excluding tert-OH is 1. The molecule has 1 N–H and O–H groups in total. The summed E-state index contributed by atoms with van der Waals surface area (Å²) in [4.78, 5) is 5.15. The Hall–Kier alpha value is -0.900. The summed E-state index contributed by atoms with van der Waals surface area (Å²) in [6, 6.07) is 11.4. The summed E-state index contributed by atoms with van der Waals surface area (Å²) in [7, 11) is 0. The minimum absolute atomic E-state index is 0.326. The molecule has 0 saturated carbocycles. The first-order valence-electron chi connectivity index (χ1n) is 7.91. The highest BCUT2D eigenvalue weighted by molar-refractivity contribution is 5.14. The van der Waals surface area contributed by atoms with Crippen LogP contribution in [0.2, 0.25) is 0 Å². The third kappa shape index (κ3) is 4.89. The highest BCUT2D eigenvalue weighted by Gasteiger charge is 2.22. The summed E-state index contributed by atoms with van der Waals surface area (Å²) < 4.78 is 0. The lowest BCUT2D eigenvalue weighted by Crippen LogP contribution is -2.52. The smallest absolute Gasteiger partial charge is 0.0431 e. The maximum atomic E-state index is 8.84. The maximum Gasteiger partial charge on any atom is 0.0431 e. The van der Waals surface area contributed by atoms with Crippen LogP contribution in [0.25, 0.3) is 0 Å². The Morgan fingerprint density at radius 3 is 2.60 bits per heavy atom. The predicted molar refractivity (Wildman–Crippen MR) is 83.9 cm³/mol. The lowest BCUT2D eigenvalue weighted by molar-refractivity contribution is 0.0824. The molecule has 1 aliphatic heterocycles. The molecule has 0 aromatic heterocycles. The SMILES string of the molecule is CC1CN(CCCCO)CCN1CCc1ccccc1. The largest absolute Gasteiger partial charge is 0.396 e. The average molecular weight is 276 g/mol. The van der Waals surface area contributed by atoms with Crippen molar-refractivity contribution in [2.24, 2.45) is 0 Å². The topological polar surface area (TPSA) is 26.7 Å². The van der Waals surface area contributed by atoms with E-state index in [9.17, 15) is 0 Å². The van der Waals surface area contributed by atoms with Crippen molar-refractivity contribution in [3.8, 4) is 0 Å². The van der Waals surface area contributed by atoms with E-state index in [1.165, 1.54) is 25.2 Å². The molecule has 112 valence electrons. The van der Waals surface area contributed by atoms with Crippen molar-refractivity contribution in [2.75, 3.05) is 39.3 Å². The van der Waals surface area contributed by atoms with Crippen LogP contribution >= 0.6 is 0 Å². The second kappa shape index (κ2) is 8.40. The van der Waals surface area contributed by atoms with E-state index in [2.05, 4.69) is 47.1 Å². The van der Waals surface area contributed by atoms with Crippen molar-refractivity contribution in [1.29, 1.82) is 0 Å². The van der Waals surface area contributed by atoms with Gasteiger partial charge in [0.15, 0.2) is 0 Å². The van der Waals surface area contributed by atoms with Gasteiger partial charge in [0.05, 0.1) is 0 Å². The van der Waals surface area contributed by atoms with E-state index in [1.807, 2.05) is 0 Å². The molecule has 0 radical (unpaired) electrons. The first kappa shape index (κ1) is 15.5. The number of unbranched alkanes of at least 4 members (excludes halogenated alkanes) is 1. The molecule has 0 aliphatic carbocycles.